The Bertz CT molecular complexity index is 1020. The van der Waals surface area contributed by atoms with Crippen molar-refractivity contribution in [1.82, 2.24) is 24.9 Å². The van der Waals surface area contributed by atoms with Gasteiger partial charge in [-0.1, -0.05) is 11.2 Å². The molecule has 4 aromatic heterocycles. The third-order valence-corrected chi connectivity index (χ3v) is 3.60. The molecule has 4 aromatic rings. The summed E-state index contributed by atoms with van der Waals surface area (Å²) in [5.74, 6) is 0.645. The molecule has 0 atom stereocenters. The highest BCUT2D eigenvalue weighted by Gasteiger charge is 2.18. The molecule has 4 rings (SSSR count). The number of pyridine rings is 2. The van der Waals surface area contributed by atoms with E-state index in [9.17, 15) is 4.79 Å². The number of carbonyl (C=O) groups excluding carboxylic acids is 1. The van der Waals surface area contributed by atoms with Crippen LogP contribution in [0.25, 0.3) is 16.9 Å². The highest BCUT2D eigenvalue weighted by molar-refractivity contribution is 6.07. The lowest BCUT2D eigenvalue weighted by molar-refractivity contribution is 0.102. The van der Waals surface area contributed by atoms with E-state index < -0.39 is 0 Å². The first-order chi connectivity index (χ1) is 11.7. The number of fused-ring (bicyclic) bond motifs is 1. The molecule has 0 radical (unpaired) electrons. The van der Waals surface area contributed by atoms with Crippen molar-refractivity contribution >= 4 is 22.8 Å². The molecular formula is C16H12N6O2. The van der Waals surface area contributed by atoms with Crippen LogP contribution in [0, 0.1) is 6.92 Å². The molecule has 0 aliphatic rings. The van der Waals surface area contributed by atoms with Gasteiger partial charge in [0.05, 0.1) is 22.8 Å². The third-order valence-electron chi connectivity index (χ3n) is 3.60. The summed E-state index contributed by atoms with van der Waals surface area (Å²) in [4.78, 5) is 20.8. The number of nitrogens with one attached hydrogen (secondary N) is 1. The average molecular weight is 320 g/mol. The molecular weight excluding hydrogens is 308 g/mol. The summed E-state index contributed by atoms with van der Waals surface area (Å²) in [6.45, 7) is 1.80. The Morgan fingerprint density at radius 3 is 2.88 bits per heavy atom. The molecule has 0 spiro atoms. The number of rotatable bonds is 3. The second kappa shape index (κ2) is 5.58. The Kier molecular flexibility index (Phi) is 3.27. The van der Waals surface area contributed by atoms with Gasteiger partial charge in [-0.05, 0) is 31.2 Å². The first-order valence-electron chi connectivity index (χ1n) is 7.22. The number of aromatic nitrogens is 5. The van der Waals surface area contributed by atoms with Gasteiger partial charge in [0.2, 0.25) is 0 Å². The summed E-state index contributed by atoms with van der Waals surface area (Å²) < 4.78 is 6.69. The minimum absolute atomic E-state index is 0.325. The fourth-order valence-corrected chi connectivity index (χ4v) is 2.39. The van der Waals surface area contributed by atoms with E-state index in [2.05, 4.69) is 25.5 Å². The van der Waals surface area contributed by atoms with E-state index in [1.54, 1.807) is 36.1 Å². The molecule has 0 fully saturated rings. The van der Waals surface area contributed by atoms with Crippen LogP contribution in [0.5, 0.6) is 0 Å². The van der Waals surface area contributed by atoms with E-state index >= 15 is 0 Å². The number of hydrogen-bond acceptors (Lipinski definition) is 6. The minimum Gasteiger partial charge on any atom is -0.334 e. The number of hydrogen-bond donors (Lipinski definition) is 1. The summed E-state index contributed by atoms with van der Waals surface area (Å²) >= 11 is 0. The van der Waals surface area contributed by atoms with E-state index in [0.717, 1.165) is 0 Å². The largest absolute Gasteiger partial charge is 0.334 e. The number of amides is 1. The highest BCUT2D eigenvalue weighted by atomic mass is 16.5. The number of anilines is 1. The maximum Gasteiger partial charge on any atom is 0.260 e. The zero-order valence-corrected chi connectivity index (χ0v) is 12.7. The minimum atomic E-state index is -0.325. The van der Waals surface area contributed by atoms with Crippen LogP contribution < -0.4 is 5.32 Å². The maximum atomic E-state index is 12.5. The van der Waals surface area contributed by atoms with E-state index in [4.69, 9.17) is 4.52 Å². The first-order valence-corrected chi connectivity index (χ1v) is 7.22. The van der Waals surface area contributed by atoms with E-state index in [1.165, 1.54) is 6.20 Å². The Labute approximate surface area is 136 Å². The Morgan fingerprint density at radius 2 is 2.04 bits per heavy atom. The Balaban J connectivity index is 1.65. The highest BCUT2D eigenvalue weighted by Crippen LogP contribution is 2.21. The standard InChI is InChI=1S/C16H12N6O2/c1-10-12(9-19-22(10)13-6-2-3-7-17-13)15(23)20-14-11-5-4-8-18-16(11)24-21-14/h2-9H,1H3,(H,20,21,23). The molecule has 0 bridgehead atoms. The molecule has 118 valence electrons. The lowest BCUT2D eigenvalue weighted by Gasteiger charge is -2.04. The average Bonchev–Trinajstić information content (AvgIpc) is 3.20. The summed E-state index contributed by atoms with van der Waals surface area (Å²) in [5.41, 5.74) is 1.48. The molecule has 0 aliphatic carbocycles. The van der Waals surface area contributed by atoms with Crippen LogP contribution in [-0.2, 0) is 0 Å². The zero-order chi connectivity index (χ0) is 16.5. The zero-order valence-electron chi connectivity index (χ0n) is 12.7. The van der Waals surface area contributed by atoms with Crippen molar-refractivity contribution in [2.24, 2.45) is 0 Å². The van der Waals surface area contributed by atoms with Crippen LogP contribution in [0.3, 0.4) is 0 Å². The molecule has 8 nitrogen and oxygen atoms in total. The fourth-order valence-electron chi connectivity index (χ4n) is 2.39. The van der Waals surface area contributed by atoms with Gasteiger partial charge in [-0.15, -0.1) is 0 Å². The topological polar surface area (TPSA) is 98.7 Å². The van der Waals surface area contributed by atoms with Crippen LogP contribution in [0.1, 0.15) is 16.1 Å². The molecule has 1 N–H and O–H groups in total. The van der Waals surface area contributed by atoms with E-state index in [-0.39, 0.29) is 5.91 Å². The molecule has 1 amide bonds. The predicted molar refractivity (Wildman–Crippen MR) is 85.9 cm³/mol. The summed E-state index contributed by atoms with van der Waals surface area (Å²) in [6.07, 6.45) is 4.77. The smallest absolute Gasteiger partial charge is 0.260 e. The van der Waals surface area contributed by atoms with Gasteiger partial charge in [-0.2, -0.15) is 5.10 Å². The molecule has 0 aromatic carbocycles. The fraction of sp³-hybridized carbons (Fsp3) is 0.0625. The van der Waals surface area contributed by atoms with Crippen molar-refractivity contribution in [3.8, 4) is 5.82 Å². The first kappa shape index (κ1) is 14.1. The predicted octanol–water partition coefficient (Wildman–Crippen LogP) is 2.36. The van der Waals surface area contributed by atoms with Crippen molar-refractivity contribution in [3.05, 3.63) is 60.2 Å². The Hall–Kier alpha value is -3.55. The van der Waals surface area contributed by atoms with Crippen molar-refractivity contribution in [1.29, 1.82) is 0 Å². The van der Waals surface area contributed by atoms with Crippen LogP contribution in [0.15, 0.2) is 53.4 Å². The van der Waals surface area contributed by atoms with Gasteiger partial charge >= 0.3 is 0 Å². The third kappa shape index (κ3) is 2.30. The lowest BCUT2D eigenvalue weighted by atomic mass is 10.2. The SMILES string of the molecule is Cc1c(C(=O)Nc2noc3ncccc23)cnn1-c1ccccn1. The maximum absolute atomic E-state index is 12.5. The molecule has 8 heteroatoms. The lowest BCUT2D eigenvalue weighted by Crippen LogP contribution is -2.13. The number of carbonyl (C=O) groups is 1. The van der Waals surface area contributed by atoms with Crippen LogP contribution in [0.2, 0.25) is 0 Å². The molecule has 4 heterocycles. The normalized spacial score (nSPS) is 10.9. The van der Waals surface area contributed by atoms with Crippen LogP contribution in [0.4, 0.5) is 5.82 Å². The van der Waals surface area contributed by atoms with Gasteiger partial charge in [0.1, 0.15) is 0 Å². The molecule has 0 saturated carbocycles. The number of nitrogens with zero attached hydrogens (tertiary/aromatic N) is 5. The molecule has 0 saturated heterocycles. The van der Waals surface area contributed by atoms with Gasteiger partial charge in [0.25, 0.3) is 11.6 Å². The van der Waals surface area contributed by atoms with Crippen LogP contribution >= 0.6 is 0 Å². The van der Waals surface area contributed by atoms with Crippen molar-refractivity contribution in [3.63, 3.8) is 0 Å². The molecule has 0 aliphatic heterocycles. The van der Waals surface area contributed by atoms with Crippen molar-refractivity contribution in [2.45, 2.75) is 6.92 Å². The van der Waals surface area contributed by atoms with E-state index in [0.29, 0.717) is 34.0 Å². The van der Waals surface area contributed by atoms with Crippen molar-refractivity contribution in [2.75, 3.05) is 5.32 Å². The second-order valence-corrected chi connectivity index (χ2v) is 5.08. The quantitative estimate of drug-likeness (QED) is 0.622. The molecule has 24 heavy (non-hydrogen) atoms. The van der Waals surface area contributed by atoms with Gasteiger partial charge in [0.15, 0.2) is 11.6 Å². The second-order valence-electron chi connectivity index (χ2n) is 5.08. The van der Waals surface area contributed by atoms with Crippen LogP contribution in [-0.4, -0.2) is 30.8 Å². The van der Waals surface area contributed by atoms with Gasteiger partial charge in [-0.25, -0.2) is 14.6 Å². The van der Waals surface area contributed by atoms with Gasteiger partial charge in [0, 0.05) is 12.4 Å². The monoisotopic (exact) mass is 320 g/mol. The van der Waals surface area contributed by atoms with E-state index in [1.807, 2.05) is 18.2 Å². The summed E-state index contributed by atoms with van der Waals surface area (Å²) in [7, 11) is 0. The van der Waals surface area contributed by atoms with Gasteiger partial charge < -0.3 is 9.84 Å². The van der Waals surface area contributed by atoms with Crippen molar-refractivity contribution < 1.29 is 9.32 Å². The summed E-state index contributed by atoms with van der Waals surface area (Å²) in [5, 5.41) is 11.5. The Morgan fingerprint density at radius 1 is 1.17 bits per heavy atom. The molecule has 0 unspecified atom stereocenters. The van der Waals surface area contributed by atoms with Gasteiger partial charge in [-0.3, -0.25) is 4.79 Å². The summed E-state index contributed by atoms with van der Waals surface area (Å²) in [6, 6.07) is 9.02.